The van der Waals surface area contributed by atoms with Gasteiger partial charge in [0.05, 0.1) is 5.60 Å². The molecule has 0 amide bonds. The lowest BCUT2D eigenvalue weighted by Gasteiger charge is -2.33. The molecule has 1 heterocycles. The second-order valence-electron chi connectivity index (χ2n) is 4.48. The van der Waals surface area contributed by atoms with Gasteiger partial charge < -0.3 is 10.8 Å². The predicted molar refractivity (Wildman–Crippen MR) is 56.8 cm³/mol. The van der Waals surface area contributed by atoms with E-state index >= 15 is 0 Å². The fourth-order valence-electron chi connectivity index (χ4n) is 2.59. The third-order valence-corrected chi connectivity index (χ3v) is 4.76. The maximum atomic E-state index is 10.3. The number of hydrogen-bond acceptors (Lipinski definition) is 3. The van der Waals surface area contributed by atoms with Gasteiger partial charge in [-0.05, 0) is 30.9 Å². The highest BCUT2D eigenvalue weighted by molar-refractivity contribution is 7.99. The van der Waals surface area contributed by atoms with Gasteiger partial charge in [0.15, 0.2) is 0 Å². The summed E-state index contributed by atoms with van der Waals surface area (Å²) in [5.74, 6) is 2.52. The van der Waals surface area contributed by atoms with E-state index in [1.165, 1.54) is 25.7 Å². The minimum atomic E-state index is -0.542. The molecule has 1 saturated heterocycles. The highest BCUT2D eigenvalue weighted by Gasteiger charge is 2.42. The molecule has 2 rings (SSSR count). The zero-order valence-corrected chi connectivity index (χ0v) is 8.85. The second-order valence-corrected chi connectivity index (χ2v) is 5.58. The van der Waals surface area contributed by atoms with E-state index < -0.39 is 5.60 Å². The quantitative estimate of drug-likeness (QED) is 0.709. The largest absolute Gasteiger partial charge is 0.387 e. The molecule has 2 aliphatic rings. The first-order valence-corrected chi connectivity index (χ1v) is 6.43. The van der Waals surface area contributed by atoms with Crippen LogP contribution in [0.1, 0.15) is 32.1 Å². The Morgan fingerprint density at radius 2 is 2.08 bits per heavy atom. The summed E-state index contributed by atoms with van der Waals surface area (Å²) in [4.78, 5) is 0. The van der Waals surface area contributed by atoms with Gasteiger partial charge in [0.25, 0.3) is 0 Å². The van der Waals surface area contributed by atoms with Gasteiger partial charge in [-0.3, -0.25) is 0 Å². The molecule has 1 saturated carbocycles. The first kappa shape index (κ1) is 9.81. The fraction of sp³-hybridized carbons (Fsp3) is 1.00. The van der Waals surface area contributed by atoms with E-state index in [1.54, 1.807) is 0 Å². The van der Waals surface area contributed by atoms with Gasteiger partial charge in [0.2, 0.25) is 0 Å². The maximum Gasteiger partial charge on any atom is 0.0898 e. The van der Waals surface area contributed by atoms with Gasteiger partial charge >= 0.3 is 0 Å². The summed E-state index contributed by atoms with van der Waals surface area (Å²) >= 11 is 1.84. The molecule has 1 aliphatic heterocycles. The topological polar surface area (TPSA) is 46.2 Å². The Balaban J connectivity index is 1.97. The van der Waals surface area contributed by atoms with Crippen molar-refractivity contribution in [1.82, 2.24) is 0 Å². The number of thioether (sulfide) groups is 1. The summed E-state index contributed by atoms with van der Waals surface area (Å²) in [7, 11) is 0. The molecular formula is C10H19NOS. The van der Waals surface area contributed by atoms with Gasteiger partial charge in [-0.2, -0.15) is 11.8 Å². The Hall–Kier alpha value is 0.270. The summed E-state index contributed by atoms with van der Waals surface area (Å²) in [5, 5.41) is 10.3. The van der Waals surface area contributed by atoms with Crippen LogP contribution in [0.5, 0.6) is 0 Å². The van der Waals surface area contributed by atoms with Crippen LogP contribution in [-0.2, 0) is 0 Å². The predicted octanol–water partition coefficient (Wildman–Crippen LogP) is 1.37. The second kappa shape index (κ2) is 3.79. The SMILES string of the molecule is NC(C1CCCC1)C1(O)CCSC1. The van der Waals surface area contributed by atoms with Crippen molar-refractivity contribution in [2.24, 2.45) is 11.7 Å². The van der Waals surface area contributed by atoms with E-state index in [4.69, 9.17) is 5.73 Å². The lowest BCUT2D eigenvalue weighted by atomic mass is 9.84. The van der Waals surface area contributed by atoms with Crippen molar-refractivity contribution in [3.8, 4) is 0 Å². The molecule has 0 spiro atoms. The summed E-state index contributed by atoms with van der Waals surface area (Å²) < 4.78 is 0. The van der Waals surface area contributed by atoms with Crippen LogP contribution >= 0.6 is 11.8 Å². The number of rotatable bonds is 2. The molecule has 0 aromatic heterocycles. The van der Waals surface area contributed by atoms with Crippen molar-refractivity contribution in [2.75, 3.05) is 11.5 Å². The number of aliphatic hydroxyl groups is 1. The van der Waals surface area contributed by atoms with E-state index in [0.717, 1.165) is 17.9 Å². The lowest BCUT2D eigenvalue weighted by Crippen LogP contribution is -2.51. The molecule has 2 nitrogen and oxygen atoms in total. The Morgan fingerprint density at radius 3 is 2.62 bits per heavy atom. The van der Waals surface area contributed by atoms with Crippen molar-refractivity contribution in [1.29, 1.82) is 0 Å². The number of nitrogens with two attached hydrogens (primary N) is 1. The average molecular weight is 201 g/mol. The van der Waals surface area contributed by atoms with Crippen molar-refractivity contribution in [2.45, 2.75) is 43.7 Å². The standard InChI is InChI=1S/C10H19NOS/c11-9(8-3-1-2-4-8)10(12)5-6-13-7-10/h8-9,12H,1-7,11H2. The first-order chi connectivity index (χ1) is 6.22. The highest BCUT2D eigenvalue weighted by Crippen LogP contribution is 2.37. The van der Waals surface area contributed by atoms with Gasteiger partial charge in [-0.25, -0.2) is 0 Å². The molecule has 0 aromatic carbocycles. The van der Waals surface area contributed by atoms with Crippen LogP contribution in [-0.4, -0.2) is 28.3 Å². The third kappa shape index (κ3) is 1.88. The molecule has 0 aromatic rings. The number of hydrogen-bond donors (Lipinski definition) is 2. The minimum absolute atomic E-state index is 0.0324. The third-order valence-electron chi connectivity index (χ3n) is 3.56. The van der Waals surface area contributed by atoms with Crippen LogP contribution in [0.3, 0.4) is 0 Å². The molecule has 3 heteroatoms. The molecule has 76 valence electrons. The van der Waals surface area contributed by atoms with Crippen LogP contribution in [0.2, 0.25) is 0 Å². The Morgan fingerprint density at radius 1 is 1.38 bits per heavy atom. The average Bonchev–Trinajstić information content (AvgIpc) is 2.73. The Bertz CT molecular complexity index is 174. The molecule has 0 bridgehead atoms. The van der Waals surface area contributed by atoms with E-state index in [0.29, 0.717) is 5.92 Å². The minimum Gasteiger partial charge on any atom is -0.387 e. The fourth-order valence-corrected chi connectivity index (χ4v) is 3.92. The Labute approximate surface area is 84.3 Å². The summed E-state index contributed by atoms with van der Waals surface area (Å²) in [6.45, 7) is 0. The summed E-state index contributed by atoms with van der Waals surface area (Å²) in [5.41, 5.74) is 5.61. The molecule has 3 N–H and O–H groups in total. The van der Waals surface area contributed by atoms with E-state index in [9.17, 15) is 5.11 Å². The van der Waals surface area contributed by atoms with Gasteiger partial charge in [0.1, 0.15) is 0 Å². The van der Waals surface area contributed by atoms with E-state index in [2.05, 4.69) is 0 Å². The van der Waals surface area contributed by atoms with Crippen LogP contribution in [0.25, 0.3) is 0 Å². The molecular weight excluding hydrogens is 182 g/mol. The van der Waals surface area contributed by atoms with Crippen LogP contribution in [0, 0.1) is 5.92 Å². The van der Waals surface area contributed by atoms with Crippen molar-refractivity contribution in [3.63, 3.8) is 0 Å². The highest BCUT2D eigenvalue weighted by atomic mass is 32.2. The molecule has 13 heavy (non-hydrogen) atoms. The van der Waals surface area contributed by atoms with E-state index in [-0.39, 0.29) is 6.04 Å². The Kier molecular flexibility index (Phi) is 2.86. The monoisotopic (exact) mass is 201 g/mol. The van der Waals surface area contributed by atoms with Gasteiger partial charge in [-0.1, -0.05) is 12.8 Å². The van der Waals surface area contributed by atoms with Crippen molar-refractivity contribution in [3.05, 3.63) is 0 Å². The summed E-state index contributed by atoms with van der Waals surface area (Å²) in [6.07, 6.45) is 5.97. The van der Waals surface area contributed by atoms with Gasteiger partial charge in [-0.15, -0.1) is 0 Å². The zero-order chi connectivity index (χ0) is 9.31. The normalized spacial score (nSPS) is 38.3. The van der Waals surface area contributed by atoms with Crippen molar-refractivity contribution < 1.29 is 5.11 Å². The van der Waals surface area contributed by atoms with Crippen LogP contribution in [0.15, 0.2) is 0 Å². The molecule has 2 fully saturated rings. The van der Waals surface area contributed by atoms with Crippen LogP contribution < -0.4 is 5.73 Å². The van der Waals surface area contributed by atoms with Gasteiger partial charge in [0, 0.05) is 11.8 Å². The molecule has 2 unspecified atom stereocenters. The van der Waals surface area contributed by atoms with Crippen molar-refractivity contribution >= 4 is 11.8 Å². The summed E-state index contributed by atoms with van der Waals surface area (Å²) in [6, 6.07) is 0.0324. The zero-order valence-electron chi connectivity index (χ0n) is 8.04. The molecule has 0 radical (unpaired) electrons. The van der Waals surface area contributed by atoms with E-state index in [1.807, 2.05) is 11.8 Å². The smallest absolute Gasteiger partial charge is 0.0898 e. The lowest BCUT2D eigenvalue weighted by molar-refractivity contribution is 0.0206. The first-order valence-electron chi connectivity index (χ1n) is 5.28. The van der Waals surface area contributed by atoms with Crippen LogP contribution in [0.4, 0.5) is 0 Å². The molecule has 1 aliphatic carbocycles. The molecule has 2 atom stereocenters. The maximum absolute atomic E-state index is 10.3.